The van der Waals surface area contributed by atoms with E-state index in [1.807, 2.05) is 12.5 Å². The second kappa shape index (κ2) is 6.20. The second-order valence-corrected chi connectivity index (χ2v) is 5.59. The molecular weight excluding hydrogens is 210 g/mol. The molecule has 0 spiro atoms. The van der Waals surface area contributed by atoms with Crippen LogP contribution in [0.4, 0.5) is 0 Å². The Labute approximate surface area is 105 Å². The fourth-order valence-electron chi connectivity index (χ4n) is 2.15. The van der Waals surface area contributed by atoms with E-state index in [0.717, 1.165) is 11.6 Å². The fraction of sp³-hybridized carbons (Fsp3) is 0.786. The number of hydrogen-bond donors (Lipinski definition) is 1. The molecule has 0 saturated heterocycles. The van der Waals surface area contributed by atoms with Gasteiger partial charge in [-0.3, -0.25) is 0 Å². The standard InChI is InChI=1S/C14H27N3/c1-6-11(4)7-12(5)17-9-16-8-13(17)14(15)10(2)3/h8-12,14H,6-7,15H2,1-5H3. The quantitative estimate of drug-likeness (QED) is 0.822. The summed E-state index contributed by atoms with van der Waals surface area (Å²) in [5.74, 6) is 1.19. The second-order valence-electron chi connectivity index (χ2n) is 5.59. The third-order valence-corrected chi connectivity index (χ3v) is 3.67. The summed E-state index contributed by atoms with van der Waals surface area (Å²) >= 11 is 0. The van der Waals surface area contributed by atoms with Crippen molar-refractivity contribution in [1.29, 1.82) is 0 Å². The number of imidazole rings is 1. The molecule has 3 unspecified atom stereocenters. The summed E-state index contributed by atoms with van der Waals surface area (Å²) in [7, 11) is 0. The van der Waals surface area contributed by atoms with Crippen LogP contribution in [0.3, 0.4) is 0 Å². The zero-order chi connectivity index (χ0) is 13.0. The van der Waals surface area contributed by atoms with Gasteiger partial charge in [0.2, 0.25) is 0 Å². The van der Waals surface area contributed by atoms with Gasteiger partial charge >= 0.3 is 0 Å². The van der Waals surface area contributed by atoms with Gasteiger partial charge in [0.15, 0.2) is 0 Å². The molecule has 1 aromatic heterocycles. The van der Waals surface area contributed by atoms with E-state index in [9.17, 15) is 0 Å². The average Bonchev–Trinajstić information content (AvgIpc) is 2.76. The zero-order valence-electron chi connectivity index (χ0n) is 11.9. The normalized spacial score (nSPS) is 17.1. The minimum Gasteiger partial charge on any atom is -0.330 e. The lowest BCUT2D eigenvalue weighted by Gasteiger charge is -2.23. The Bertz CT molecular complexity index is 330. The van der Waals surface area contributed by atoms with Gasteiger partial charge in [0.25, 0.3) is 0 Å². The van der Waals surface area contributed by atoms with Crippen molar-refractivity contribution in [3.8, 4) is 0 Å². The molecule has 2 N–H and O–H groups in total. The van der Waals surface area contributed by atoms with Crippen molar-refractivity contribution in [2.45, 2.75) is 59.5 Å². The molecule has 1 heterocycles. The Morgan fingerprint density at radius 3 is 2.47 bits per heavy atom. The van der Waals surface area contributed by atoms with Crippen LogP contribution in [0.2, 0.25) is 0 Å². The average molecular weight is 237 g/mol. The van der Waals surface area contributed by atoms with Crippen LogP contribution < -0.4 is 5.73 Å². The minimum atomic E-state index is 0.0804. The van der Waals surface area contributed by atoms with Crippen molar-refractivity contribution in [3.05, 3.63) is 18.2 Å². The molecule has 0 fully saturated rings. The minimum absolute atomic E-state index is 0.0804. The molecule has 1 aromatic rings. The lowest BCUT2D eigenvalue weighted by Crippen LogP contribution is -2.22. The summed E-state index contributed by atoms with van der Waals surface area (Å²) in [5, 5.41) is 0. The molecular formula is C14H27N3. The highest BCUT2D eigenvalue weighted by Gasteiger charge is 2.18. The lowest BCUT2D eigenvalue weighted by molar-refractivity contribution is 0.375. The third kappa shape index (κ3) is 3.56. The maximum atomic E-state index is 6.22. The smallest absolute Gasteiger partial charge is 0.0951 e. The van der Waals surface area contributed by atoms with E-state index in [-0.39, 0.29) is 6.04 Å². The molecule has 3 heteroatoms. The van der Waals surface area contributed by atoms with Crippen LogP contribution in [0.25, 0.3) is 0 Å². The number of rotatable bonds is 6. The first kappa shape index (κ1) is 14.2. The third-order valence-electron chi connectivity index (χ3n) is 3.67. The molecule has 0 amide bonds. The first-order valence-corrected chi connectivity index (χ1v) is 6.74. The highest BCUT2D eigenvalue weighted by atomic mass is 15.1. The van der Waals surface area contributed by atoms with Crippen molar-refractivity contribution in [2.24, 2.45) is 17.6 Å². The Kier molecular flexibility index (Phi) is 5.19. The molecule has 3 nitrogen and oxygen atoms in total. The van der Waals surface area contributed by atoms with Gasteiger partial charge < -0.3 is 10.3 Å². The fourth-order valence-corrected chi connectivity index (χ4v) is 2.15. The zero-order valence-corrected chi connectivity index (χ0v) is 11.9. The predicted molar refractivity (Wildman–Crippen MR) is 72.8 cm³/mol. The molecule has 0 aromatic carbocycles. The van der Waals surface area contributed by atoms with Gasteiger partial charge in [0.1, 0.15) is 0 Å². The first-order valence-electron chi connectivity index (χ1n) is 6.74. The van der Waals surface area contributed by atoms with E-state index in [1.165, 1.54) is 12.8 Å². The van der Waals surface area contributed by atoms with E-state index in [1.54, 1.807) is 0 Å². The van der Waals surface area contributed by atoms with Crippen LogP contribution in [0.5, 0.6) is 0 Å². The summed E-state index contributed by atoms with van der Waals surface area (Å²) in [6.45, 7) is 11.1. The number of hydrogen-bond acceptors (Lipinski definition) is 2. The molecule has 0 aliphatic rings. The van der Waals surface area contributed by atoms with Gasteiger partial charge in [-0.1, -0.05) is 34.1 Å². The number of nitrogens with two attached hydrogens (primary N) is 1. The van der Waals surface area contributed by atoms with Gasteiger partial charge in [0, 0.05) is 18.3 Å². The molecule has 0 radical (unpaired) electrons. The van der Waals surface area contributed by atoms with E-state index >= 15 is 0 Å². The molecule has 0 bridgehead atoms. The summed E-state index contributed by atoms with van der Waals surface area (Å²) in [4.78, 5) is 4.26. The Hall–Kier alpha value is -0.830. The van der Waals surface area contributed by atoms with Crippen LogP contribution in [0.15, 0.2) is 12.5 Å². The summed E-state index contributed by atoms with van der Waals surface area (Å²) in [6.07, 6.45) is 6.25. The van der Waals surface area contributed by atoms with E-state index in [0.29, 0.717) is 12.0 Å². The molecule has 0 aliphatic carbocycles. The van der Waals surface area contributed by atoms with Crippen molar-refractivity contribution in [3.63, 3.8) is 0 Å². The highest BCUT2D eigenvalue weighted by Crippen LogP contribution is 2.25. The highest BCUT2D eigenvalue weighted by molar-refractivity contribution is 5.06. The van der Waals surface area contributed by atoms with Gasteiger partial charge in [-0.15, -0.1) is 0 Å². The monoisotopic (exact) mass is 237 g/mol. The molecule has 98 valence electrons. The van der Waals surface area contributed by atoms with Gasteiger partial charge in [0.05, 0.1) is 12.0 Å². The van der Waals surface area contributed by atoms with Gasteiger partial charge in [-0.05, 0) is 25.2 Å². The predicted octanol–water partition coefficient (Wildman–Crippen LogP) is 3.54. The van der Waals surface area contributed by atoms with E-state index < -0.39 is 0 Å². The summed E-state index contributed by atoms with van der Waals surface area (Å²) in [5.41, 5.74) is 7.39. The largest absolute Gasteiger partial charge is 0.330 e. The Morgan fingerprint density at radius 1 is 1.29 bits per heavy atom. The van der Waals surface area contributed by atoms with E-state index in [2.05, 4.69) is 44.2 Å². The van der Waals surface area contributed by atoms with Crippen LogP contribution in [0.1, 0.15) is 65.2 Å². The topological polar surface area (TPSA) is 43.8 Å². The van der Waals surface area contributed by atoms with Crippen molar-refractivity contribution >= 4 is 0 Å². The molecule has 1 rings (SSSR count). The van der Waals surface area contributed by atoms with Crippen LogP contribution in [0, 0.1) is 11.8 Å². The Balaban J connectivity index is 2.80. The molecule has 3 atom stereocenters. The molecule has 0 saturated carbocycles. The Morgan fingerprint density at radius 2 is 1.94 bits per heavy atom. The number of nitrogens with zero attached hydrogens (tertiary/aromatic N) is 2. The first-order chi connectivity index (χ1) is 7.97. The van der Waals surface area contributed by atoms with Gasteiger partial charge in [-0.2, -0.15) is 0 Å². The van der Waals surface area contributed by atoms with Crippen LogP contribution in [-0.4, -0.2) is 9.55 Å². The molecule has 0 aliphatic heterocycles. The van der Waals surface area contributed by atoms with Crippen molar-refractivity contribution in [1.82, 2.24) is 9.55 Å². The maximum absolute atomic E-state index is 6.22. The van der Waals surface area contributed by atoms with Crippen molar-refractivity contribution < 1.29 is 0 Å². The van der Waals surface area contributed by atoms with Crippen LogP contribution in [-0.2, 0) is 0 Å². The SMILES string of the molecule is CCC(C)CC(C)n1cncc1C(N)C(C)C. The molecule has 17 heavy (non-hydrogen) atoms. The summed E-state index contributed by atoms with van der Waals surface area (Å²) < 4.78 is 2.25. The number of aromatic nitrogens is 2. The van der Waals surface area contributed by atoms with Gasteiger partial charge in [-0.25, -0.2) is 4.98 Å². The van der Waals surface area contributed by atoms with E-state index in [4.69, 9.17) is 5.73 Å². The maximum Gasteiger partial charge on any atom is 0.0951 e. The summed E-state index contributed by atoms with van der Waals surface area (Å²) in [6, 6.07) is 0.559. The van der Waals surface area contributed by atoms with Crippen molar-refractivity contribution in [2.75, 3.05) is 0 Å². The lowest BCUT2D eigenvalue weighted by atomic mass is 9.98. The van der Waals surface area contributed by atoms with Crippen LogP contribution >= 0.6 is 0 Å².